The summed E-state index contributed by atoms with van der Waals surface area (Å²) in [4.78, 5) is 0. The lowest BCUT2D eigenvalue weighted by Crippen LogP contribution is -2.28. The second-order valence-corrected chi connectivity index (χ2v) is 3.34. The van der Waals surface area contributed by atoms with Crippen LogP contribution in [0.4, 0.5) is 5.69 Å². The van der Waals surface area contributed by atoms with Crippen molar-refractivity contribution < 1.29 is 0 Å². The van der Waals surface area contributed by atoms with E-state index in [-0.39, 0.29) is 0 Å². The van der Waals surface area contributed by atoms with Gasteiger partial charge in [0.1, 0.15) is 0 Å². The van der Waals surface area contributed by atoms with Crippen LogP contribution in [-0.4, -0.2) is 6.54 Å². The van der Waals surface area contributed by atoms with Gasteiger partial charge < -0.3 is 11.1 Å². The number of hydrogen-bond donors (Lipinski definition) is 2. The fraction of sp³-hybridized carbons (Fsp3) is 0.400. The largest absolute Gasteiger partial charge is 0.398 e. The van der Waals surface area contributed by atoms with Crippen LogP contribution in [0.15, 0.2) is 18.2 Å². The van der Waals surface area contributed by atoms with Crippen molar-refractivity contribution in [3.8, 4) is 0 Å². The van der Waals surface area contributed by atoms with E-state index < -0.39 is 0 Å². The van der Waals surface area contributed by atoms with Crippen molar-refractivity contribution in [3.63, 3.8) is 0 Å². The van der Waals surface area contributed by atoms with Crippen molar-refractivity contribution in [1.29, 1.82) is 0 Å². The van der Waals surface area contributed by atoms with E-state index in [4.69, 9.17) is 5.73 Å². The van der Waals surface area contributed by atoms with E-state index in [1.165, 1.54) is 11.1 Å². The number of nitrogen functional groups attached to an aromatic ring is 1. The fourth-order valence-electron chi connectivity index (χ4n) is 1.84. The molecule has 2 nitrogen and oxygen atoms in total. The average molecular weight is 162 g/mol. The molecule has 0 spiro atoms. The summed E-state index contributed by atoms with van der Waals surface area (Å²) in [6.07, 6.45) is 1.06. The molecule has 0 radical (unpaired) electrons. The first-order valence-electron chi connectivity index (χ1n) is 4.39. The number of fused-ring (bicyclic) bond motifs is 1. The SMILES string of the molecule is C[C@@H]1NCCc2c(N)cccc21. The predicted molar refractivity (Wildman–Crippen MR) is 51.0 cm³/mol. The molecular weight excluding hydrogens is 148 g/mol. The molecule has 0 aromatic heterocycles. The number of anilines is 1. The highest BCUT2D eigenvalue weighted by Crippen LogP contribution is 2.26. The molecule has 0 saturated carbocycles. The Morgan fingerprint density at radius 2 is 2.33 bits per heavy atom. The zero-order valence-electron chi connectivity index (χ0n) is 7.30. The maximum Gasteiger partial charge on any atom is 0.0350 e. The van der Waals surface area contributed by atoms with Crippen LogP contribution in [0.5, 0.6) is 0 Å². The highest BCUT2D eigenvalue weighted by molar-refractivity contribution is 5.52. The Bertz CT molecular complexity index is 294. The van der Waals surface area contributed by atoms with E-state index >= 15 is 0 Å². The van der Waals surface area contributed by atoms with Gasteiger partial charge in [-0.2, -0.15) is 0 Å². The molecule has 1 aromatic carbocycles. The number of nitrogens with one attached hydrogen (secondary N) is 1. The van der Waals surface area contributed by atoms with Crippen LogP contribution in [0.2, 0.25) is 0 Å². The lowest BCUT2D eigenvalue weighted by atomic mass is 9.94. The molecule has 2 heteroatoms. The molecule has 0 aliphatic carbocycles. The Morgan fingerprint density at radius 3 is 3.08 bits per heavy atom. The normalized spacial score (nSPS) is 21.9. The maximum atomic E-state index is 5.88. The fourth-order valence-corrected chi connectivity index (χ4v) is 1.84. The van der Waals surface area contributed by atoms with Gasteiger partial charge in [0.2, 0.25) is 0 Å². The van der Waals surface area contributed by atoms with Crippen LogP contribution >= 0.6 is 0 Å². The Hall–Kier alpha value is -1.02. The van der Waals surface area contributed by atoms with Crippen LogP contribution in [0.1, 0.15) is 24.1 Å². The van der Waals surface area contributed by atoms with Gasteiger partial charge in [-0.25, -0.2) is 0 Å². The summed E-state index contributed by atoms with van der Waals surface area (Å²) in [5, 5.41) is 3.41. The molecule has 2 rings (SSSR count). The molecule has 0 saturated heterocycles. The Balaban J connectivity index is 2.52. The highest BCUT2D eigenvalue weighted by Gasteiger charge is 2.16. The topological polar surface area (TPSA) is 38.0 Å². The van der Waals surface area contributed by atoms with Gasteiger partial charge in [0, 0.05) is 11.7 Å². The smallest absolute Gasteiger partial charge is 0.0350 e. The molecule has 1 aliphatic rings. The standard InChI is InChI=1S/C10H14N2/c1-7-8-3-2-4-10(11)9(8)5-6-12-7/h2-4,7,12H,5-6,11H2,1H3/t7-/m0/s1. The van der Waals surface area contributed by atoms with Gasteiger partial charge in [-0.1, -0.05) is 12.1 Å². The first-order chi connectivity index (χ1) is 5.79. The summed E-state index contributed by atoms with van der Waals surface area (Å²) in [6.45, 7) is 3.22. The minimum absolute atomic E-state index is 0.456. The lowest BCUT2D eigenvalue weighted by Gasteiger charge is -2.24. The Kier molecular flexibility index (Phi) is 1.77. The summed E-state index contributed by atoms with van der Waals surface area (Å²) in [7, 11) is 0. The molecular formula is C10H14N2. The molecule has 1 aromatic rings. The van der Waals surface area contributed by atoms with Gasteiger partial charge in [0.15, 0.2) is 0 Å². The van der Waals surface area contributed by atoms with Crippen molar-refractivity contribution in [3.05, 3.63) is 29.3 Å². The summed E-state index contributed by atoms with van der Waals surface area (Å²) >= 11 is 0. The van der Waals surface area contributed by atoms with Crippen molar-refractivity contribution in [2.24, 2.45) is 0 Å². The van der Waals surface area contributed by atoms with Crippen molar-refractivity contribution >= 4 is 5.69 Å². The van der Waals surface area contributed by atoms with Gasteiger partial charge >= 0.3 is 0 Å². The van der Waals surface area contributed by atoms with E-state index in [1.807, 2.05) is 12.1 Å². The van der Waals surface area contributed by atoms with Crippen LogP contribution < -0.4 is 11.1 Å². The molecule has 3 N–H and O–H groups in total. The van der Waals surface area contributed by atoms with E-state index in [0.29, 0.717) is 6.04 Å². The van der Waals surface area contributed by atoms with E-state index in [9.17, 15) is 0 Å². The molecule has 64 valence electrons. The average Bonchev–Trinajstić information content (AvgIpc) is 2.07. The monoisotopic (exact) mass is 162 g/mol. The summed E-state index contributed by atoms with van der Waals surface area (Å²) < 4.78 is 0. The summed E-state index contributed by atoms with van der Waals surface area (Å²) in [5.41, 5.74) is 9.52. The number of rotatable bonds is 0. The first kappa shape index (κ1) is 7.62. The molecule has 1 atom stereocenters. The minimum atomic E-state index is 0.456. The van der Waals surface area contributed by atoms with Crippen LogP contribution in [-0.2, 0) is 6.42 Å². The van der Waals surface area contributed by atoms with E-state index in [1.54, 1.807) is 0 Å². The number of hydrogen-bond acceptors (Lipinski definition) is 2. The van der Waals surface area contributed by atoms with Gasteiger partial charge in [0.05, 0.1) is 0 Å². The van der Waals surface area contributed by atoms with E-state index in [2.05, 4.69) is 18.3 Å². The lowest BCUT2D eigenvalue weighted by molar-refractivity contribution is 0.542. The quantitative estimate of drug-likeness (QED) is 0.567. The maximum absolute atomic E-state index is 5.88. The third-order valence-electron chi connectivity index (χ3n) is 2.54. The molecule has 1 aliphatic heterocycles. The first-order valence-corrected chi connectivity index (χ1v) is 4.39. The van der Waals surface area contributed by atoms with Gasteiger partial charge in [-0.3, -0.25) is 0 Å². The van der Waals surface area contributed by atoms with Crippen molar-refractivity contribution in [1.82, 2.24) is 5.32 Å². The summed E-state index contributed by atoms with van der Waals surface area (Å²) in [5.74, 6) is 0. The van der Waals surface area contributed by atoms with Gasteiger partial charge in [-0.15, -0.1) is 0 Å². The van der Waals surface area contributed by atoms with E-state index in [0.717, 1.165) is 18.7 Å². The van der Waals surface area contributed by atoms with Gasteiger partial charge in [-0.05, 0) is 37.1 Å². The molecule has 1 heterocycles. The second-order valence-electron chi connectivity index (χ2n) is 3.34. The van der Waals surface area contributed by atoms with Crippen LogP contribution in [0.3, 0.4) is 0 Å². The molecule has 0 fully saturated rings. The summed E-state index contributed by atoms with van der Waals surface area (Å²) in [6, 6.07) is 6.62. The highest BCUT2D eigenvalue weighted by atomic mass is 14.9. The van der Waals surface area contributed by atoms with Gasteiger partial charge in [0.25, 0.3) is 0 Å². The molecule has 12 heavy (non-hydrogen) atoms. The second kappa shape index (κ2) is 2.79. The zero-order chi connectivity index (χ0) is 8.55. The Labute approximate surface area is 72.8 Å². The molecule has 0 amide bonds. The van der Waals surface area contributed by atoms with Crippen LogP contribution in [0, 0.1) is 0 Å². The van der Waals surface area contributed by atoms with Crippen molar-refractivity contribution in [2.45, 2.75) is 19.4 Å². The third-order valence-corrected chi connectivity index (χ3v) is 2.54. The van der Waals surface area contributed by atoms with Crippen LogP contribution in [0.25, 0.3) is 0 Å². The molecule has 0 bridgehead atoms. The minimum Gasteiger partial charge on any atom is -0.398 e. The number of nitrogens with two attached hydrogens (primary N) is 1. The Morgan fingerprint density at radius 1 is 1.50 bits per heavy atom. The molecule has 0 unspecified atom stereocenters. The third kappa shape index (κ3) is 1.08. The zero-order valence-corrected chi connectivity index (χ0v) is 7.30. The van der Waals surface area contributed by atoms with Crippen molar-refractivity contribution in [2.75, 3.05) is 12.3 Å². The predicted octanol–water partition coefficient (Wildman–Crippen LogP) is 1.48. The number of benzene rings is 1.